The first kappa shape index (κ1) is 83.0. The Labute approximate surface area is 670 Å². The topological polar surface area (TPSA) is 234 Å². The van der Waals surface area contributed by atoms with Crippen molar-refractivity contribution in [1.82, 2.24) is 39.8 Å². The Hall–Kier alpha value is -10.5. The number of hydrogen-bond acceptors (Lipinski definition) is 15. The van der Waals surface area contributed by atoms with Gasteiger partial charge in [-0.25, -0.2) is 17.2 Å². The summed E-state index contributed by atoms with van der Waals surface area (Å²) in [6.07, 6.45) is 7.54. The number of anilines is 2. The van der Waals surface area contributed by atoms with Gasteiger partial charge in [0.1, 0.15) is 40.7 Å². The lowest BCUT2D eigenvalue weighted by molar-refractivity contribution is -0.0266. The van der Waals surface area contributed by atoms with Crippen molar-refractivity contribution in [2.75, 3.05) is 57.0 Å². The highest BCUT2D eigenvalue weighted by atomic mass is 35.5. The number of nitrogens with one attached hydrogen (secondary N) is 3. The van der Waals surface area contributed by atoms with E-state index in [9.17, 15) is 31.9 Å². The van der Waals surface area contributed by atoms with Crippen molar-refractivity contribution in [1.29, 1.82) is 0 Å². The summed E-state index contributed by atoms with van der Waals surface area (Å²) in [5, 5.41) is 39.5. The van der Waals surface area contributed by atoms with E-state index in [0.29, 0.717) is 48.0 Å². The highest BCUT2D eigenvalue weighted by Crippen LogP contribution is 2.35. The average Bonchev–Trinajstić information content (AvgIpc) is 0.997. The molecule has 1 unspecified atom stereocenters. The lowest BCUT2D eigenvalue weighted by Crippen LogP contribution is -2.42. The van der Waals surface area contributed by atoms with Crippen LogP contribution in [0.15, 0.2) is 237 Å². The number of unbranched alkanes of at least 4 members (excludes halogenated alkanes) is 1. The number of nitrogens with zero attached hydrogens (tertiary/aromatic N) is 6. The number of fused-ring (bicyclic) bond motifs is 4. The molecule has 2 aliphatic rings. The number of aromatic nitrogens is 5. The van der Waals surface area contributed by atoms with Gasteiger partial charge in [0.15, 0.2) is 21.4 Å². The molecule has 15 rings (SSSR count). The van der Waals surface area contributed by atoms with Gasteiger partial charge >= 0.3 is 0 Å². The Balaban J connectivity index is 0.000000144. The fourth-order valence-electron chi connectivity index (χ4n) is 14.4. The summed E-state index contributed by atoms with van der Waals surface area (Å²) in [7, 11) is -3.33. The first-order valence-corrected chi connectivity index (χ1v) is 41.1. The number of aliphatic hydroxyl groups excluding tert-OH is 1. The van der Waals surface area contributed by atoms with Crippen molar-refractivity contribution in [3.63, 3.8) is 0 Å². The van der Waals surface area contributed by atoms with Gasteiger partial charge in [-0.15, -0.1) is 10.2 Å². The lowest BCUT2D eigenvalue weighted by atomic mass is 9.84. The van der Waals surface area contributed by atoms with E-state index in [1.807, 2.05) is 130 Å². The van der Waals surface area contributed by atoms with E-state index in [-0.39, 0.29) is 53.4 Å². The van der Waals surface area contributed by atoms with Crippen LogP contribution in [0.5, 0.6) is 0 Å². The lowest BCUT2D eigenvalue weighted by Gasteiger charge is -2.38. The number of halogens is 3. The summed E-state index contributed by atoms with van der Waals surface area (Å²) in [6, 6.07) is 64.4. The Bertz CT molecular complexity index is 5440. The van der Waals surface area contributed by atoms with E-state index < -0.39 is 15.4 Å². The third-order valence-corrected chi connectivity index (χ3v) is 22.9. The molecule has 13 aromatic rings. The summed E-state index contributed by atoms with van der Waals surface area (Å²) < 4.78 is 71.6. The van der Waals surface area contributed by atoms with E-state index >= 15 is 0 Å². The van der Waals surface area contributed by atoms with Crippen molar-refractivity contribution >= 4 is 71.5 Å². The quantitative estimate of drug-likeness (QED) is 0.0335. The number of H-pyrrole nitrogens is 1. The Morgan fingerprint density at radius 2 is 1.39 bits per heavy atom. The number of rotatable bonds is 25. The maximum Gasteiger partial charge on any atom is 0.287 e. The third kappa shape index (κ3) is 22.5. The molecule has 2 aliphatic heterocycles. The average molecular weight is 1580 g/mol. The number of amides is 1. The van der Waals surface area contributed by atoms with Crippen molar-refractivity contribution in [3.8, 4) is 0 Å². The van der Waals surface area contributed by atoms with E-state index in [0.717, 1.165) is 184 Å². The molecular formula is C92H100ClF2N9O9S. The van der Waals surface area contributed by atoms with Crippen LogP contribution in [-0.2, 0) is 52.5 Å². The molecule has 8 aromatic carbocycles. The van der Waals surface area contributed by atoms with Crippen LogP contribution in [0.2, 0.25) is 5.02 Å². The van der Waals surface area contributed by atoms with Gasteiger partial charge in [-0.3, -0.25) is 19.5 Å². The summed E-state index contributed by atoms with van der Waals surface area (Å²) in [6.45, 7) is 18.7. The molecule has 5 aromatic heterocycles. The van der Waals surface area contributed by atoms with Gasteiger partial charge < -0.3 is 48.9 Å². The number of benzene rings is 8. The molecule has 0 aliphatic carbocycles. The molecule has 7 heterocycles. The molecule has 0 bridgehead atoms. The molecule has 1 saturated heterocycles. The van der Waals surface area contributed by atoms with Gasteiger partial charge in [-0.2, -0.15) is 0 Å². The van der Waals surface area contributed by atoms with Crippen LogP contribution >= 0.6 is 11.6 Å². The van der Waals surface area contributed by atoms with E-state index in [1.54, 1.807) is 60.7 Å². The molecule has 114 heavy (non-hydrogen) atoms. The number of furan rings is 2. The van der Waals surface area contributed by atoms with Gasteiger partial charge in [0, 0.05) is 96.6 Å². The molecule has 0 radical (unpaired) electrons. The Morgan fingerprint density at radius 3 is 2.11 bits per heavy atom. The minimum Gasteiger partial charge on any atom is -0.460 e. The van der Waals surface area contributed by atoms with Gasteiger partial charge in [0.2, 0.25) is 0 Å². The van der Waals surface area contributed by atoms with Crippen molar-refractivity contribution < 1.29 is 45.8 Å². The van der Waals surface area contributed by atoms with Gasteiger partial charge in [0.25, 0.3) is 11.5 Å². The second-order valence-electron chi connectivity index (χ2n) is 30.0. The van der Waals surface area contributed by atoms with Crippen molar-refractivity contribution in [2.24, 2.45) is 5.92 Å². The number of sulfone groups is 1. The number of carbonyl (C=O) groups excluding carboxylic acids is 1. The summed E-state index contributed by atoms with van der Waals surface area (Å²) >= 11 is 6.00. The maximum atomic E-state index is 13.4. The number of para-hydroxylation sites is 1. The standard InChI is InChI=1S/C28H31F2NO2.C27H33N5O4.C21H23NO3S.C16H13ClN2/c29-25-12-8-22(9-13-25)27(23-10-14-26(30)15-11-23)33-21-5-4-18-31-19-16-28(32,17-20-31)24-6-2-1-3-7-24;1-18(2)15-22(28-27(34)24-8-7-20(35-24)10-14-33)26-30-29-25-9-11-31(12-13-32(25)26)17-21-16-19-5-3-4-6-23(19)36-21;1-14-6-8-19(9-7-14)26(24,25)10-4-5-17-13-18-11-15(2)16(3)12-20(18)22-21(17)23;1-11-5-6-15-14(9-11)16(7-8-18-15)19-13-4-2-3-12(17)10-13/h1-3,6-15,27,32H,4-5,16-21H2;3-8,16,18,22,33H,9-15,17H2,1-2H3,(H,28,34);6-9,11-13H,4-5,10H2,1-3H3,(H,22,23);2-10H,1H3,(H,18,19). The summed E-state index contributed by atoms with van der Waals surface area (Å²) in [5.74, 6) is 2.99. The van der Waals surface area contributed by atoms with Gasteiger partial charge in [0.05, 0.1) is 41.0 Å². The fraction of sp³-hybridized carbons (Fsp3) is 0.315. The minimum absolute atomic E-state index is 0.0240. The number of aryl methyl sites for hydroxylation is 5. The van der Waals surface area contributed by atoms with Crippen molar-refractivity contribution in [3.05, 3.63) is 319 Å². The third-order valence-electron chi connectivity index (χ3n) is 20.8. The molecule has 18 nitrogen and oxygen atoms in total. The zero-order chi connectivity index (χ0) is 80.3. The number of aliphatic hydroxyl groups is 2. The van der Waals surface area contributed by atoms with E-state index in [4.69, 9.17) is 30.3 Å². The van der Waals surface area contributed by atoms with Crippen LogP contribution in [0.4, 0.5) is 20.2 Å². The largest absolute Gasteiger partial charge is 0.460 e. The predicted molar refractivity (Wildman–Crippen MR) is 447 cm³/mol. The first-order valence-electron chi connectivity index (χ1n) is 39.1. The number of aromatic amines is 1. The molecule has 5 N–H and O–H groups in total. The molecule has 594 valence electrons. The van der Waals surface area contributed by atoms with Crippen LogP contribution in [-0.4, -0.2) is 111 Å². The van der Waals surface area contributed by atoms with Crippen LogP contribution in [0.25, 0.3) is 32.8 Å². The molecular weight excluding hydrogens is 1480 g/mol. The summed E-state index contributed by atoms with van der Waals surface area (Å²) in [5.41, 5.74) is 11.7. The van der Waals surface area contributed by atoms with E-state index in [2.05, 4.69) is 90.2 Å². The zero-order valence-electron chi connectivity index (χ0n) is 65.4. The second kappa shape index (κ2) is 39.0. The second-order valence-corrected chi connectivity index (χ2v) is 32.5. The monoisotopic (exact) mass is 1580 g/mol. The molecule has 22 heteroatoms. The van der Waals surface area contributed by atoms with E-state index in [1.165, 1.54) is 29.8 Å². The zero-order valence-corrected chi connectivity index (χ0v) is 67.0. The molecule has 0 spiro atoms. The van der Waals surface area contributed by atoms with Crippen LogP contribution < -0.4 is 16.2 Å². The normalized spacial score (nSPS) is 14.0. The molecule has 0 saturated carbocycles. The number of piperidine rings is 1. The first-order chi connectivity index (χ1) is 55.0. The number of pyridine rings is 2. The highest BCUT2D eigenvalue weighted by Gasteiger charge is 2.34. The number of likely N-dealkylation sites (tertiary alicyclic amines) is 1. The molecule has 1 amide bonds. The number of hydrogen-bond donors (Lipinski definition) is 5. The Kier molecular flexibility index (Phi) is 28.4. The van der Waals surface area contributed by atoms with Crippen LogP contribution in [0.1, 0.15) is 143 Å². The number of ether oxygens (including phenoxy) is 1. The van der Waals surface area contributed by atoms with Crippen LogP contribution in [0.3, 0.4) is 0 Å². The maximum absolute atomic E-state index is 13.4. The number of carbonyl (C=O) groups is 1. The molecule has 1 atom stereocenters. The van der Waals surface area contributed by atoms with Gasteiger partial charge in [-0.05, 0) is 234 Å². The smallest absolute Gasteiger partial charge is 0.287 e. The predicted octanol–water partition coefficient (Wildman–Crippen LogP) is 18.4. The van der Waals surface area contributed by atoms with Crippen molar-refractivity contribution in [2.45, 2.75) is 135 Å². The summed E-state index contributed by atoms with van der Waals surface area (Å²) in [4.78, 5) is 37.6. The SMILES string of the molecule is CC(C)CC(NC(=O)c1ccc(CCO)o1)c1nnc2n1CCN(Cc1cc3ccccc3o1)CC2.Cc1ccc(S(=O)(=O)CCCc2cc3cc(C)c(C)cc3[nH]c2=O)cc1.Cc1ccc2nccc(Nc3cccc(Cl)c3)c2c1.OC1(c2ccccc2)CCN(CCCCOC(c2ccc(F)cc2)c2ccc(F)cc2)CC1. The molecule has 1 fully saturated rings. The highest BCUT2D eigenvalue weighted by molar-refractivity contribution is 7.91. The van der Waals surface area contributed by atoms with Gasteiger partial charge in [-0.1, -0.05) is 134 Å². The fourth-order valence-corrected chi connectivity index (χ4v) is 15.9. The van der Waals surface area contributed by atoms with Crippen LogP contribution in [0, 0.1) is 45.2 Å². The minimum atomic E-state index is -3.33. The Morgan fingerprint density at radius 1 is 0.684 bits per heavy atom.